The first-order chi connectivity index (χ1) is 20.7. The predicted octanol–water partition coefficient (Wildman–Crippen LogP) is 7.24. The van der Waals surface area contributed by atoms with Gasteiger partial charge in [0.2, 0.25) is 11.8 Å². The molecule has 1 saturated heterocycles. The molecule has 0 aromatic heterocycles. The Bertz CT molecular complexity index is 1690. The van der Waals surface area contributed by atoms with Crippen LogP contribution in [0.4, 0.5) is 0 Å². The average molecular weight is 651 g/mol. The average Bonchev–Trinajstić information content (AvgIpc) is 3.29. The molecular weight excluding hydrogens is 628 g/mol. The molecular formula is C34H23Cl4NO4. The number of rotatable bonds is 6. The summed E-state index contributed by atoms with van der Waals surface area (Å²) in [6.45, 7) is -0.168. The molecule has 43 heavy (non-hydrogen) atoms. The Morgan fingerprint density at radius 2 is 1.23 bits per heavy atom. The van der Waals surface area contributed by atoms with Crippen molar-refractivity contribution >= 4 is 64.2 Å². The lowest BCUT2D eigenvalue weighted by molar-refractivity contribution is -0.159. The van der Waals surface area contributed by atoms with Crippen molar-refractivity contribution in [2.24, 2.45) is 11.8 Å². The largest absolute Gasteiger partial charge is 0.459 e. The molecule has 1 heterocycles. The summed E-state index contributed by atoms with van der Waals surface area (Å²) < 4.78 is 5.71. The number of benzene rings is 4. The van der Waals surface area contributed by atoms with Gasteiger partial charge in [-0.3, -0.25) is 14.5 Å². The standard InChI is InChI=1S/C34H23Cl4NO4/c35-21-15-14-20(26(36)17-21)18-43-32(42)27(16-19-8-2-1-3-9-19)39-30(40)28-29(31(39)41)34(38)23-11-5-4-10-22(23)33(28,37)24-12-6-7-13-25(24)34/h1-15,17,27-29H,16,18H2/t27-,28-,29+,33?,34?/m0/s1. The van der Waals surface area contributed by atoms with Crippen molar-refractivity contribution in [1.29, 1.82) is 0 Å². The summed E-state index contributed by atoms with van der Waals surface area (Å²) >= 11 is 27.5. The van der Waals surface area contributed by atoms with E-state index >= 15 is 0 Å². The van der Waals surface area contributed by atoms with E-state index in [9.17, 15) is 14.4 Å². The van der Waals surface area contributed by atoms with E-state index in [1.54, 1.807) is 18.2 Å². The number of likely N-dealkylation sites (tertiary alicyclic amines) is 1. The van der Waals surface area contributed by atoms with Gasteiger partial charge >= 0.3 is 5.97 Å². The number of amides is 2. The maximum absolute atomic E-state index is 14.5. The van der Waals surface area contributed by atoms with E-state index in [2.05, 4.69) is 0 Å². The zero-order valence-electron chi connectivity index (χ0n) is 22.5. The molecule has 8 rings (SSSR count). The van der Waals surface area contributed by atoms with Gasteiger partial charge in [0.05, 0.1) is 11.8 Å². The zero-order valence-corrected chi connectivity index (χ0v) is 25.5. The topological polar surface area (TPSA) is 63.7 Å². The van der Waals surface area contributed by atoms with Crippen molar-refractivity contribution in [2.75, 3.05) is 0 Å². The normalized spacial score (nSPS) is 25.6. The third-order valence-electron chi connectivity index (χ3n) is 8.86. The number of hydrogen-bond donors (Lipinski definition) is 0. The minimum atomic E-state index is -1.35. The van der Waals surface area contributed by atoms with Gasteiger partial charge in [-0.2, -0.15) is 0 Å². The fourth-order valence-corrected chi connectivity index (χ4v) is 8.56. The molecule has 4 aromatic carbocycles. The molecule has 0 unspecified atom stereocenters. The molecule has 9 heteroatoms. The summed E-state index contributed by atoms with van der Waals surface area (Å²) in [5.41, 5.74) is 4.04. The van der Waals surface area contributed by atoms with Crippen LogP contribution in [-0.4, -0.2) is 28.7 Å². The van der Waals surface area contributed by atoms with Crippen LogP contribution < -0.4 is 0 Å². The number of carbonyl (C=O) groups is 3. The molecule has 216 valence electrons. The van der Waals surface area contributed by atoms with Crippen LogP contribution >= 0.6 is 46.4 Å². The van der Waals surface area contributed by atoms with Crippen molar-refractivity contribution in [3.05, 3.63) is 140 Å². The van der Waals surface area contributed by atoms with Crippen LogP contribution in [0.2, 0.25) is 10.0 Å². The molecule has 3 atom stereocenters. The third-order valence-corrected chi connectivity index (χ3v) is 10.7. The predicted molar refractivity (Wildman–Crippen MR) is 165 cm³/mol. The van der Waals surface area contributed by atoms with Crippen molar-refractivity contribution < 1.29 is 19.1 Å². The summed E-state index contributed by atoms with van der Waals surface area (Å²) in [6, 6.07) is 27.6. The van der Waals surface area contributed by atoms with E-state index in [4.69, 9.17) is 51.1 Å². The monoisotopic (exact) mass is 649 g/mol. The Morgan fingerprint density at radius 1 is 0.744 bits per heavy atom. The summed E-state index contributed by atoms with van der Waals surface area (Å²) in [4.78, 5) is 41.2. The van der Waals surface area contributed by atoms with Gasteiger partial charge in [-0.15, -0.1) is 23.2 Å². The van der Waals surface area contributed by atoms with Gasteiger partial charge in [0.1, 0.15) is 22.4 Å². The van der Waals surface area contributed by atoms with E-state index in [0.717, 1.165) is 10.5 Å². The summed E-state index contributed by atoms with van der Waals surface area (Å²) in [5, 5.41) is 0.777. The van der Waals surface area contributed by atoms with Gasteiger partial charge in [0.25, 0.3) is 0 Å². The Morgan fingerprint density at radius 3 is 1.72 bits per heavy atom. The van der Waals surface area contributed by atoms with Gasteiger partial charge in [-0.05, 0) is 39.9 Å². The number of ether oxygens (including phenoxy) is 1. The SMILES string of the molecule is O=C(OCc1ccc(Cl)cc1Cl)[C@H](Cc1ccccc1)N1C(=O)[C@@H]2[C@H](C1=O)C1(Cl)c3ccccc3C2(Cl)c2ccccc21. The maximum atomic E-state index is 14.5. The number of hydrogen-bond acceptors (Lipinski definition) is 4. The minimum absolute atomic E-state index is 0.0510. The van der Waals surface area contributed by atoms with Crippen LogP contribution in [0.25, 0.3) is 0 Å². The molecule has 4 aliphatic rings. The fraction of sp³-hybridized carbons (Fsp3) is 0.206. The van der Waals surface area contributed by atoms with Crippen LogP contribution in [-0.2, 0) is 41.9 Å². The highest BCUT2D eigenvalue weighted by molar-refractivity contribution is 6.36. The lowest BCUT2D eigenvalue weighted by Gasteiger charge is -2.54. The first kappa shape index (κ1) is 28.4. The molecule has 1 aliphatic heterocycles. The van der Waals surface area contributed by atoms with E-state index in [1.165, 1.54) is 0 Å². The molecule has 1 fully saturated rings. The Hall–Kier alpha value is -3.35. The van der Waals surface area contributed by atoms with Crippen molar-refractivity contribution in [2.45, 2.75) is 28.8 Å². The van der Waals surface area contributed by atoms with Gasteiger partial charge in [-0.1, -0.05) is 108 Å². The van der Waals surface area contributed by atoms with Crippen LogP contribution in [0, 0.1) is 11.8 Å². The molecule has 0 spiro atoms. The Kier molecular flexibility index (Phi) is 6.86. The lowest BCUT2D eigenvalue weighted by atomic mass is 9.54. The molecule has 2 amide bonds. The first-order valence-electron chi connectivity index (χ1n) is 13.8. The second kappa shape index (κ2) is 10.4. The molecule has 0 N–H and O–H groups in total. The van der Waals surface area contributed by atoms with Gasteiger partial charge in [-0.25, -0.2) is 4.79 Å². The maximum Gasteiger partial charge on any atom is 0.330 e. The molecule has 2 bridgehead atoms. The first-order valence-corrected chi connectivity index (χ1v) is 15.3. The van der Waals surface area contributed by atoms with E-state index in [1.807, 2.05) is 78.9 Å². The highest BCUT2D eigenvalue weighted by Gasteiger charge is 2.73. The molecule has 4 aromatic rings. The fourth-order valence-electron chi connectivity index (χ4n) is 7.00. The summed E-state index contributed by atoms with van der Waals surface area (Å²) in [7, 11) is 0. The number of carbonyl (C=O) groups excluding carboxylic acids is 3. The number of nitrogens with zero attached hydrogens (tertiary/aromatic N) is 1. The number of alkyl halides is 2. The number of esters is 1. The van der Waals surface area contributed by atoms with Gasteiger partial charge < -0.3 is 4.74 Å². The number of imide groups is 1. The summed E-state index contributed by atoms with van der Waals surface area (Å²) in [6.07, 6.45) is 0.0510. The van der Waals surface area contributed by atoms with Gasteiger partial charge in [0.15, 0.2) is 0 Å². The second-order valence-electron chi connectivity index (χ2n) is 11.1. The lowest BCUT2D eigenvalue weighted by Crippen LogP contribution is -2.57. The molecule has 0 saturated carbocycles. The highest BCUT2D eigenvalue weighted by atomic mass is 35.5. The van der Waals surface area contributed by atoms with Crippen molar-refractivity contribution in [1.82, 2.24) is 4.90 Å². The van der Waals surface area contributed by atoms with Crippen molar-refractivity contribution in [3.63, 3.8) is 0 Å². The highest BCUT2D eigenvalue weighted by Crippen LogP contribution is 2.69. The Balaban J connectivity index is 1.32. The smallest absolute Gasteiger partial charge is 0.330 e. The van der Waals surface area contributed by atoms with E-state index in [0.29, 0.717) is 37.9 Å². The van der Waals surface area contributed by atoms with E-state index < -0.39 is 45.4 Å². The van der Waals surface area contributed by atoms with E-state index in [-0.39, 0.29) is 13.0 Å². The van der Waals surface area contributed by atoms with Gasteiger partial charge in [0, 0.05) is 22.0 Å². The van der Waals surface area contributed by atoms with Crippen LogP contribution in [0.15, 0.2) is 97.1 Å². The zero-order chi connectivity index (χ0) is 30.1. The molecule has 3 aliphatic carbocycles. The van der Waals surface area contributed by atoms with Crippen LogP contribution in [0.5, 0.6) is 0 Å². The van der Waals surface area contributed by atoms with Crippen LogP contribution in [0.3, 0.4) is 0 Å². The molecule has 5 nitrogen and oxygen atoms in total. The quantitative estimate of drug-likeness (QED) is 0.125. The second-order valence-corrected chi connectivity index (χ2v) is 13.1. The third kappa shape index (κ3) is 4.09. The summed E-state index contributed by atoms with van der Waals surface area (Å²) in [5.74, 6) is -3.91. The molecule has 0 radical (unpaired) electrons. The number of halogens is 4. The minimum Gasteiger partial charge on any atom is -0.459 e. The Labute approximate surface area is 268 Å². The van der Waals surface area contributed by atoms with Crippen molar-refractivity contribution in [3.8, 4) is 0 Å². The van der Waals surface area contributed by atoms with Crippen LogP contribution in [0.1, 0.15) is 33.4 Å².